The van der Waals surface area contributed by atoms with E-state index in [0.717, 1.165) is 10.6 Å². The van der Waals surface area contributed by atoms with Gasteiger partial charge in [-0.2, -0.15) is 5.01 Å². The summed E-state index contributed by atoms with van der Waals surface area (Å²) in [6.45, 7) is 3.57. The predicted octanol–water partition coefficient (Wildman–Crippen LogP) is 1.46. The van der Waals surface area contributed by atoms with E-state index in [1.54, 1.807) is 42.6 Å². The smallest absolute Gasteiger partial charge is 0.332 e. The molecule has 2 aromatic rings. The molecule has 1 aliphatic heterocycles. The Bertz CT molecular complexity index is 905. The maximum absolute atomic E-state index is 12.8. The van der Waals surface area contributed by atoms with Gasteiger partial charge >= 0.3 is 6.03 Å². The maximum Gasteiger partial charge on any atom is 0.344 e. The number of benzene rings is 2. The molecule has 0 aromatic heterocycles. The predicted molar refractivity (Wildman–Crippen MR) is 104 cm³/mol. The fraction of sp³-hybridized carbons (Fsp3) is 0.250. The Morgan fingerprint density at radius 3 is 2.50 bits per heavy atom. The number of nitrogens with one attached hydrogen (secondary N) is 2. The van der Waals surface area contributed by atoms with E-state index in [-0.39, 0.29) is 12.6 Å². The summed E-state index contributed by atoms with van der Waals surface area (Å²) in [7, 11) is 0. The van der Waals surface area contributed by atoms with Crippen LogP contribution in [0.15, 0.2) is 54.6 Å². The Kier molecular flexibility index (Phi) is 5.67. The second-order valence-electron chi connectivity index (χ2n) is 6.85. The Morgan fingerprint density at radius 1 is 1.18 bits per heavy atom. The van der Waals surface area contributed by atoms with Gasteiger partial charge in [-0.3, -0.25) is 15.0 Å². The molecule has 8 heteroatoms. The van der Waals surface area contributed by atoms with Gasteiger partial charge in [0.25, 0.3) is 11.8 Å². The van der Waals surface area contributed by atoms with Gasteiger partial charge in [-0.15, -0.1) is 0 Å². The first-order valence-electron chi connectivity index (χ1n) is 8.92. The molecule has 0 unspecified atom stereocenters. The molecule has 2 atom stereocenters. The van der Waals surface area contributed by atoms with Crippen LogP contribution in [-0.4, -0.2) is 29.4 Å². The highest BCUT2D eigenvalue weighted by Crippen LogP contribution is 2.27. The number of hydrogen-bond donors (Lipinski definition) is 3. The highest BCUT2D eigenvalue weighted by atomic mass is 35.5. The molecule has 7 nitrogen and oxygen atoms in total. The first-order chi connectivity index (χ1) is 13.3. The third kappa shape index (κ3) is 3.85. The monoisotopic (exact) mass is 401 g/mol. The van der Waals surface area contributed by atoms with Crippen molar-refractivity contribution in [2.45, 2.75) is 25.4 Å². The lowest BCUT2D eigenvalue weighted by Gasteiger charge is -2.22. The minimum absolute atomic E-state index is 0.0332. The minimum Gasteiger partial charge on any atom is -0.332 e. The molecule has 2 aromatic carbocycles. The zero-order valence-electron chi connectivity index (χ0n) is 15.6. The fourth-order valence-electron chi connectivity index (χ4n) is 3.13. The topological polar surface area (TPSA) is 95.1 Å². The molecule has 1 heterocycles. The molecule has 1 aliphatic rings. The molecule has 0 radical (unpaired) electrons. The van der Waals surface area contributed by atoms with Crippen LogP contribution in [0.25, 0.3) is 0 Å². The van der Waals surface area contributed by atoms with Crippen molar-refractivity contribution in [3.63, 3.8) is 0 Å². The molecule has 0 bridgehead atoms. The van der Waals surface area contributed by atoms with E-state index in [1.165, 1.54) is 0 Å². The Labute approximate surface area is 168 Å². The third-order valence-corrected chi connectivity index (χ3v) is 5.18. The van der Waals surface area contributed by atoms with Crippen molar-refractivity contribution in [3.8, 4) is 0 Å². The standard InChI is InChI=1S/C20H21ClN4O3/c1-13(15-10-6-7-11-16(15)21)22-12-17(26)24-25-18(27)20(2,23-19(25)28)14-8-4-3-5-9-14/h3-11,13,22H,12H2,1-2H3,(H,23,28)(H,24,26)/p+1/t13-,20+/m1/s1. The molecule has 0 saturated carbocycles. The lowest BCUT2D eigenvalue weighted by atomic mass is 9.92. The molecule has 4 amide bonds. The summed E-state index contributed by atoms with van der Waals surface area (Å²) in [6, 6.07) is 15.6. The molecule has 3 rings (SSSR count). The largest absolute Gasteiger partial charge is 0.344 e. The molecule has 146 valence electrons. The van der Waals surface area contributed by atoms with Crippen LogP contribution in [0.2, 0.25) is 5.02 Å². The Balaban J connectivity index is 1.62. The average molecular weight is 402 g/mol. The molecular formula is C20H22ClN4O3+. The number of hydrazine groups is 1. The van der Waals surface area contributed by atoms with Gasteiger partial charge in [0.15, 0.2) is 6.54 Å². The number of nitrogens with zero attached hydrogens (tertiary/aromatic N) is 1. The number of carbonyl (C=O) groups is 3. The number of amides is 4. The molecular weight excluding hydrogens is 380 g/mol. The van der Waals surface area contributed by atoms with E-state index in [4.69, 9.17) is 11.6 Å². The van der Waals surface area contributed by atoms with Crippen LogP contribution in [0, 0.1) is 0 Å². The Morgan fingerprint density at radius 2 is 1.82 bits per heavy atom. The first kappa shape index (κ1) is 19.9. The molecule has 0 spiro atoms. The van der Waals surface area contributed by atoms with Gasteiger partial charge < -0.3 is 10.6 Å². The SMILES string of the molecule is C[C@@H]([NH2+]CC(=O)NN1C(=O)N[C@@](C)(c2ccccc2)C1=O)c1ccccc1Cl. The molecule has 1 saturated heterocycles. The van der Waals surface area contributed by atoms with E-state index in [9.17, 15) is 14.4 Å². The third-order valence-electron chi connectivity index (χ3n) is 4.83. The van der Waals surface area contributed by atoms with Gasteiger partial charge in [0, 0.05) is 10.6 Å². The highest BCUT2D eigenvalue weighted by molar-refractivity contribution is 6.31. The van der Waals surface area contributed by atoms with Crippen LogP contribution >= 0.6 is 11.6 Å². The van der Waals surface area contributed by atoms with Crippen molar-refractivity contribution >= 4 is 29.4 Å². The van der Waals surface area contributed by atoms with Gasteiger partial charge in [0.1, 0.15) is 11.6 Å². The van der Waals surface area contributed by atoms with Gasteiger partial charge in [0.2, 0.25) is 0 Å². The fourth-order valence-corrected chi connectivity index (χ4v) is 3.44. The van der Waals surface area contributed by atoms with Crippen LogP contribution < -0.4 is 16.1 Å². The highest BCUT2D eigenvalue weighted by Gasteiger charge is 2.50. The van der Waals surface area contributed by atoms with Gasteiger partial charge in [-0.1, -0.05) is 60.1 Å². The number of quaternary nitrogens is 1. The summed E-state index contributed by atoms with van der Waals surface area (Å²) in [5.74, 6) is -0.990. The number of nitrogens with two attached hydrogens (primary N) is 1. The summed E-state index contributed by atoms with van der Waals surface area (Å²) in [5, 5.41) is 5.79. The lowest BCUT2D eigenvalue weighted by molar-refractivity contribution is -0.682. The second kappa shape index (κ2) is 8.00. The van der Waals surface area contributed by atoms with Crippen LogP contribution in [0.4, 0.5) is 4.79 Å². The minimum atomic E-state index is -1.22. The summed E-state index contributed by atoms with van der Waals surface area (Å²) in [5.41, 5.74) is 2.72. The zero-order valence-corrected chi connectivity index (χ0v) is 16.4. The van der Waals surface area contributed by atoms with E-state index in [0.29, 0.717) is 10.6 Å². The van der Waals surface area contributed by atoms with Crippen LogP contribution in [-0.2, 0) is 15.1 Å². The van der Waals surface area contributed by atoms with E-state index < -0.39 is 23.4 Å². The molecule has 4 N–H and O–H groups in total. The number of carbonyl (C=O) groups excluding carboxylic acids is 3. The quantitative estimate of drug-likeness (QED) is 0.639. The van der Waals surface area contributed by atoms with E-state index in [2.05, 4.69) is 10.7 Å². The molecule has 28 heavy (non-hydrogen) atoms. The normalized spacial score (nSPS) is 20.0. The van der Waals surface area contributed by atoms with Crippen molar-refractivity contribution < 1.29 is 19.7 Å². The number of halogens is 1. The molecule has 1 fully saturated rings. The van der Waals surface area contributed by atoms with Crippen molar-refractivity contribution in [1.29, 1.82) is 0 Å². The van der Waals surface area contributed by atoms with Crippen molar-refractivity contribution in [2.24, 2.45) is 0 Å². The van der Waals surface area contributed by atoms with E-state index >= 15 is 0 Å². The first-order valence-corrected chi connectivity index (χ1v) is 9.30. The maximum atomic E-state index is 12.8. The summed E-state index contributed by atoms with van der Waals surface area (Å²) in [4.78, 5) is 37.4. The summed E-state index contributed by atoms with van der Waals surface area (Å²) < 4.78 is 0. The summed E-state index contributed by atoms with van der Waals surface area (Å²) >= 11 is 6.17. The van der Waals surface area contributed by atoms with Gasteiger partial charge in [0.05, 0.1) is 0 Å². The Hall–Kier alpha value is -2.90. The van der Waals surface area contributed by atoms with E-state index in [1.807, 2.05) is 31.2 Å². The lowest BCUT2D eigenvalue weighted by Crippen LogP contribution is -2.87. The zero-order chi connectivity index (χ0) is 20.3. The summed E-state index contributed by atoms with van der Waals surface area (Å²) in [6.07, 6.45) is 0. The second-order valence-corrected chi connectivity index (χ2v) is 7.25. The van der Waals surface area contributed by atoms with Crippen molar-refractivity contribution in [2.75, 3.05) is 6.54 Å². The van der Waals surface area contributed by atoms with Gasteiger partial charge in [-0.25, -0.2) is 4.79 Å². The number of imide groups is 1. The number of rotatable bonds is 6. The van der Waals surface area contributed by atoms with Crippen LogP contribution in [0.5, 0.6) is 0 Å². The van der Waals surface area contributed by atoms with Crippen molar-refractivity contribution in [1.82, 2.24) is 15.8 Å². The van der Waals surface area contributed by atoms with Crippen LogP contribution in [0.3, 0.4) is 0 Å². The number of hydrogen-bond acceptors (Lipinski definition) is 3. The van der Waals surface area contributed by atoms with Gasteiger partial charge in [-0.05, 0) is 25.5 Å². The average Bonchev–Trinajstić information content (AvgIpc) is 2.91. The van der Waals surface area contributed by atoms with Crippen LogP contribution in [0.1, 0.15) is 31.0 Å². The van der Waals surface area contributed by atoms with Crippen molar-refractivity contribution in [3.05, 3.63) is 70.7 Å². The molecule has 0 aliphatic carbocycles. The number of urea groups is 1.